The van der Waals surface area contributed by atoms with Crippen molar-refractivity contribution in [3.05, 3.63) is 65.9 Å². The number of fused-ring (bicyclic) bond motifs is 1. The normalized spacial score (nSPS) is 21.9. The Labute approximate surface area is 183 Å². The van der Waals surface area contributed by atoms with E-state index in [0.717, 1.165) is 29.2 Å². The van der Waals surface area contributed by atoms with E-state index >= 15 is 0 Å². The van der Waals surface area contributed by atoms with Crippen LogP contribution in [0.2, 0.25) is 0 Å². The molecule has 5 nitrogen and oxygen atoms in total. The lowest BCUT2D eigenvalue weighted by Gasteiger charge is -2.32. The third-order valence-electron chi connectivity index (χ3n) is 5.65. The fourth-order valence-electron chi connectivity index (χ4n) is 4.14. The fraction of sp³-hybridized carbons (Fsp3) is 0.375. The first-order valence-corrected chi connectivity index (χ1v) is 11.2. The van der Waals surface area contributed by atoms with Gasteiger partial charge in [-0.25, -0.2) is 10.0 Å². The van der Waals surface area contributed by atoms with Crippen molar-refractivity contribution in [1.29, 1.82) is 0 Å². The van der Waals surface area contributed by atoms with Crippen LogP contribution in [0.3, 0.4) is 0 Å². The number of nitrogens with zero attached hydrogens (tertiary/aromatic N) is 3. The molecule has 0 aromatic heterocycles. The zero-order chi connectivity index (χ0) is 21.5. The molecule has 1 atom stereocenters. The first-order valence-electron chi connectivity index (χ1n) is 10.4. The number of thioether (sulfide) groups is 1. The van der Waals surface area contributed by atoms with Crippen LogP contribution in [-0.4, -0.2) is 45.8 Å². The van der Waals surface area contributed by atoms with Gasteiger partial charge in [0, 0.05) is 12.1 Å². The molecule has 6 heteroatoms. The van der Waals surface area contributed by atoms with E-state index < -0.39 is 4.99 Å². The van der Waals surface area contributed by atoms with Crippen LogP contribution in [0.15, 0.2) is 60.3 Å². The molecule has 2 aromatic carbocycles. The van der Waals surface area contributed by atoms with Crippen molar-refractivity contribution in [1.82, 2.24) is 9.91 Å². The smallest absolute Gasteiger partial charge is 0.241 e. The summed E-state index contributed by atoms with van der Waals surface area (Å²) in [5, 5.41) is 4.54. The van der Waals surface area contributed by atoms with E-state index in [1.807, 2.05) is 48.5 Å². The molecule has 0 amide bonds. The van der Waals surface area contributed by atoms with Crippen molar-refractivity contribution in [2.45, 2.75) is 44.8 Å². The Bertz CT molecular complexity index is 935. The van der Waals surface area contributed by atoms with Crippen LogP contribution in [0.5, 0.6) is 5.75 Å². The van der Waals surface area contributed by atoms with Gasteiger partial charge in [0.15, 0.2) is 0 Å². The van der Waals surface area contributed by atoms with Gasteiger partial charge in [-0.15, -0.1) is 0 Å². The molecule has 0 saturated carbocycles. The van der Waals surface area contributed by atoms with Gasteiger partial charge >= 0.3 is 0 Å². The maximum Gasteiger partial charge on any atom is 0.241 e. The monoisotopic (exact) mass is 423 g/mol. The summed E-state index contributed by atoms with van der Waals surface area (Å²) >= 11 is 1.42. The van der Waals surface area contributed by atoms with Gasteiger partial charge in [0.1, 0.15) is 11.4 Å². The lowest BCUT2D eigenvalue weighted by Crippen LogP contribution is -2.44. The number of methoxy groups -OCH3 is 1. The molecule has 2 heterocycles. The van der Waals surface area contributed by atoms with Gasteiger partial charge in [0.25, 0.3) is 0 Å². The molecule has 4 rings (SSSR count). The van der Waals surface area contributed by atoms with Crippen LogP contribution in [0.4, 0.5) is 5.69 Å². The average molecular weight is 424 g/mol. The Morgan fingerprint density at radius 3 is 2.20 bits per heavy atom. The van der Waals surface area contributed by atoms with Crippen LogP contribution in [0, 0.1) is 0 Å². The van der Waals surface area contributed by atoms with Crippen LogP contribution in [0.25, 0.3) is 6.08 Å². The van der Waals surface area contributed by atoms with Crippen molar-refractivity contribution in [2.24, 2.45) is 0 Å². The second kappa shape index (κ2) is 8.00. The molecule has 0 spiro atoms. The van der Waals surface area contributed by atoms with Gasteiger partial charge < -0.3 is 4.74 Å². The van der Waals surface area contributed by atoms with Crippen LogP contribution in [0.1, 0.15) is 33.3 Å². The highest BCUT2D eigenvalue weighted by atomic mass is 32.2. The van der Waals surface area contributed by atoms with Crippen LogP contribution in [-0.2, 0) is 4.79 Å². The van der Waals surface area contributed by atoms with Gasteiger partial charge in [-0.2, -0.15) is 0 Å². The van der Waals surface area contributed by atoms with Crippen molar-refractivity contribution >= 4 is 28.6 Å². The molecule has 0 bridgehead atoms. The maximum atomic E-state index is 13.0. The second-order valence-corrected chi connectivity index (χ2v) is 9.48. The topological polar surface area (TPSA) is 35.6 Å². The molecule has 2 aliphatic heterocycles. The standard InChI is InChI=1S/C24H29N3O2S/c1-17(2)25(18(3)4)16-24-26(20-9-7-6-8-10-20)27(24)22(23(28)30-24)15-19-11-13-21(29-5)14-12-19/h6-15,17-18H,16H2,1-5H3/b22-15-. The maximum absolute atomic E-state index is 13.0. The second-order valence-electron chi connectivity index (χ2n) is 8.25. The summed E-state index contributed by atoms with van der Waals surface area (Å²) in [6, 6.07) is 18.9. The Morgan fingerprint density at radius 2 is 1.63 bits per heavy atom. The SMILES string of the molecule is COc1ccc(/C=C2/C(=O)SC3(CN(C(C)C)C(C)C)N2N3c2ccccc2)cc1. The minimum atomic E-state index is -0.398. The number of ether oxygens (including phenoxy) is 1. The number of benzene rings is 2. The molecular formula is C24H29N3O2S. The van der Waals surface area contributed by atoms with Crippen molar-refractivity contribution in [3.8, 4) is 5.75 Å². The minimum absolute atomic E-state index is 0.116. The quantitative estimate of drug-likeness (QED) is 0.469. The molecular weight excluding hydrogens is 394 g/mol. The van der Waals surface area contributed by atoms with Gasteiger partial charge in [0.2, 0.25) is 10.1 Å². The molecule has 0 radical (unpaired) electrons. The van der Waals surface area contributed by atoms with E-state index in [-0.39, 0.29) is 5.12 Å². The predicted molar refractivity (Wildman–Crippen MR) is 124 cm³/mol. The molecule has 1 unspecified atom stereocenters. The zero-order valence-electron chi connectivity index (χ0n) is 18.2. The zero-order valence-corrected chi connectivity index (χ0v) is 19.0. The van der Waals surface area contributed by atoms with E-state index in [1.54, 1.807) is 7.11 Å². The Kier molecular flexibility index (Phi) is 5.55. The van der Waals surface area contributed by atoms with Crippen LogP contribution >= 0.6 is 11.8 Å². The van der Waals surface area contributed by atoms with Crippen molar-refractivity contribution < 1.29 is 9.53 Å². The van der Waals surface area contributed by atoms with Gasteiger partial charge in [0.05, 0.1) is 19.3 Å². The fourth-order valence-corrected chi connectivity index (χ4v) is 5.40. The molecule has 2 aromatic rings. The molecule has 2 aliphatic rings. The van der Waals surface area contributed by atoms with E-state index in [4.69, 9.17) is 4.74 Å². The van der Waals surface area contributed by atoms with E-state index in [9.17, 15) is 4.79 Å². The third kappa shape index (κ3) is 3.59. The number of anilines is 1. The van der Waals surface area contributed by atoms with Crippen molar-refractivity contribution in [2.75, 3.05) is 18.7 Å². The summed E-state index contributed by atoms with van der Waals surface area (Å²) < 4.78 is 5.25. The van der Waals surface area contributed by atoms with Crippen LogP contribution < -0.4 is 9.75 Å². The Balaban J connectivity index is 1.71. The highest BCUT2D eigenvalue weighted by Gasteiger charge is 2.71. The van der Waals surface area contributed by atoms with E-state index in [1.165, 1.54) is 11.8 Å². The van der Waals surface area contributed by atoms with E-state index in [2.05, 4.69) is 54.7 Å². The molecule has 158 valence electrons. The number of carbonyl (C=O) groups is 1. The average Bonchev–Trinajstić information content (AvgIpc) is 3.28. The summed E-state index contributed by atoms with van der Waals surface area (Å²) in [5.41, 5.74) is 2.81. The minimum Gasteiger partial charge on any atom is -0.497 e. The largest absolute Gasteiger partial charge is 0.497 e. The lowest BCUT2D eigenvalue weighted by atomic mass is 10.2. The number of hydrogen-bond acceptors (Lipinski definition) is 6. The number of hydrogen-bond donors (Lipinski definition) is 0. The summed E-state index contributed by atoms with van der Waals surface area (Å²) in [5.74, 6) is 0.806. The predicted octanol–water partition coefficient (Wildman–Crippen LogP) is 4.82. The molecule has 30 heavy (non-hydrogen) atoms. The molecule has 2 fully saturated rings. The number of hydrazine groups is 1. The van der Waals surface area contributed by atoms with E-state index in [0.29, 0.717) is 12.1 Å². The summed E-state index contributed by atoms with van der Waals surface area (Å²) in [4.78, 5) is 15.1. The third-order valence-corrected chi connectivity index (χ3v) is 6.85. The number of rotatable bonds is 7. The molecule has 0 aliphatic carbocycles. The number of carbonyl (C=O) groups excluding carboxylic acids is 1. The van der Waals surface area contributed by atoms with Crippen molar-refractivity contribution in [3.63, 3.8) is 0 Å². The first kappa shape index (κ1) is 20.8. The Hall–Kier alpha value is -2.44. The summed E-state index contributed by atoms with van der Waals surface area (Å²) in [6.45, 7) is 9.64. The Morgan fingerprint density at radius 1 is 1.00 bits per heavy atom. The summed E-state index contributed by atoms with van der Waals surface area (Å²) in [7, 11) is 1.65. The first-order chi connectivity index (χ1) is 14.4. The highest BCUT2D eigenvalue weighted by molar-refractivity contribution is 8.16. The van der Waals surface area contributed by atoms with Gasteiger partial charge in [-0.3, -0.25) is 9.69 Å². The number of para-hydroxylation sites is 1. The highest BCUT2D eigenvalue weighted by Crippen LogP contribution is 2.61. The van der Waals surface area contributed by atoms with Gasteiger partial charge in [-0.1, -0.05) is 30.3 Å². The lowest BCUT2D eigenvalue weighted by molar-refractivity contribution is -0.108. The summed E-state index contributed by atoms with van der Waals surface area (Å²) in [6.07, 6.45) is 1.98. The molecule has 0 N–H and O–H groups in total. The van der Waals surface area contributed by atoms with Gasteiger partial charge in [-0.05, 0) is 75.4 Å². The molecule has 2 saturated heterocycles.